The minimum atomic E-state index is -0.518. The number of benzene rings is 2. The topological polar surface area (TPSA) is 82.6 Å². The van der Waals surface area contributed by atoms with Crippen LogP contribution >= 0.6 is 0 Å². The Bertz CT molecular complexity index is 1120. The predicted octanol–water partition coefficient (Wildman–Crippen LogP) is 2.94. The first-order valence-electron chi connectivity index (χ1n) is 10.9. The van der Waals surface area contributed by atoms with Crippen LogP contribution in [0.1, 0.15) is 40.1 Å². The third-order valence-corrected chi connectivity index (χ3v) is 5.71. The number of amides is 3. The van der Waals surface area contributed by atoms with Crippen molar-refractivity contribution in [1.29, 1.82) is 0 Å². The summed E-state index contributed by atoms with van der Waals surface area (Å²) in [5.74, 6) is -1.19. The normalized spacial score (nSPS) is 14.8. The fraction of sp³-hybridized carbons (Fsp3) is 0.231. The molecule has 0 bridgehead atoms. The Morgan fingerprint density at radius 3 is 2.15 bits per heavy atom. The van der Waals surface area contributed by atoms with E-state index in [9.17, 15) is 14.4 Å². The van der Waals surface area contributed by atoms with Crippen LogP contribution in [-0.4, -0.2) is 45.6 Å². The molecule has 7 nitrogen and oxygen atoms in total. The summed E-state index contributed by atoms with van der Waals surface area (Å²) in [5, 5.41) is 2.99. The van der Waals surface area contributed by atoms with Gasteiger partial charge in [-0.2, -0.15) is 0 Å². The summed E-state index contributed by atoms with van der Waals surface area (Å²) in [6.07, 6.45) is 1.67. The summed E-state index contributed by atoms with van der Waals surface area (Å²) in [6, 6.07) is 22.3. The smallest absolute Gasteiger partial charge is 0.312 e. The van der Waals surface area contributed by atoms with Gasteiger partial charge in [-0.25, -0.2) is 0 Å². The molecule has 1 aliphatic heterocycles. The molecule has 33 heavy (non-hydrogen) atoms. The van der Waals surface area contributed by atoms with Crippen LogP contribution in [-0.2, 0) is 22.7 Å². The van der Waals surface area contributed by atoms with E-state index in [1.165, 1.54) is 4.90 Å². The molecule has 1 saturated heterocycles. The summed E-state index contributed by atoms with van der Waals surface area (Å²) < 4.78 is 0. The number of hydrogen-bond donors (Lipinski definition) is 1. The first-order chi connectivity index (χ1) is 16.0. The maximum absolute atomic E-state index is 12.6. The third-order valence-electron chi connectivity index (χ3n) is 5.71. The molecule has 3 aromatic rings. The quantitative estimate of drug-likeness (QED) is 0.571. The number of piperazine rings is 1. The van der Waals surface area contributed by atoms with Gasteiger partial charge in [0.05, 0.1) is 18.3 Å². The highest BCUT2D eigenvalue weighted by Gasteiger charge is 2.32. The summed E-state index contributed by atoms with van der Waals surface area (Å²) in [6.45, 7) is 3.50. The van der Waals surface area contributed by atoms with E-state index < -0.39 is 11.8 Å². The molecule has 7 heteroatoms. The van der Waals surface area contributed by atoms with E-state index in [2.05, 4.69) is 10.3 Å². The number of pyridine rings is 1. The molecule has 0 aliphatic carbocycles. The number of nitrogens with one attached hydrogen (secondary N) is 1. The van der Waals surface area contributed by atoms with Gasteiger partial charge in [-0.3, -0.25) is 19.4 Å². The lowest BCUT2D eigenvalue weighted by atomic mass is 10.1. The molecule has 0 radical (unpaired) electrons. The number of rotatable bonds is 7. The fourth-order valence-corrected chi connectivity index (χ4v) is 3.79. The summed E-state index contributed by atoms with van der Waals surface area (Å²) >= 11 is 0. The van der Waals surface area contributed by atoms with E-state index in [1.807, 2.05) is 67.6 Å². The molecule has 0 saturated carbocycles. The molecular weight excluding hydrogens is 416 g/mol. The van der Waals surface area contributed by atoms with Crippen molar-refractivity contribution in [2.24, 2.45) is 0 Å². The van der Waals surface area contributed by atoms with Crippen LogP contribution in [0.4, 0.5) is 0 Å². The van der Waals surface area contributed by atoms with Gasteiger partial charge in [-0.15, -0.1) is 0 Å². The van der Waals surface area contributed by atoms with E-state index >= 15 is 0 Å². The van der Waals surface area contributed by atoms with Crippen molar-refractivity contribution in [3.63, 3.8) is 0 Å². The van der Waals surface area contributed by atoms with E-state index in [0.717, 1.165) is 16.8 Å². The van der Waals surface area contributed by atoms with Crippen molar-refractivity contribution in [3.05, 3.63) is 101 Å². The van der Waals surface area contributed by atoms with E-state index in [-0.39, 0.29) is 11.9 Å². The van der Waals surface area contributed by atoms with Crippen LogP contribution < -0.4 is 5.32 Å². The van der Waals surface area contributed by atoms with Gasteiger partial charge in [0.1, 0.15) is 0 Å². The highest BCUT2D eigenvalue weighted by molar-refractivity contribution is 6.35. The Hall–Kier alpha value is -4.00. The Labute approximate surface area is 193 Å². The lowest BCUT2D eigenvalue weighted by Gasteiger charge is -2.33. The maximum Gasteiger partial charge on any atom is 0.312 e. The van der Waals surface area contributed by atoms with Gasteiger partial charge in [0.25, 0.3) is 5.91 Å². The van der Waals surface area contributed by atoms with Crippen molar-refractivity contribution in [2.75, 3.05) is 13.1 Å². The van der Waals surface area contributed by atoms with Crippen LogP contribution in [0.25, 0.3) is 0 Å². The second kappa shape index (κ2) is 10.1. The zero-order valence-corrected chi connectivity index (χ0v) is 18.5. The largest absolute Gasteiger partial charge is 0.346 e. The molecule has 1 fully saturated rings. The first-order valence-corrected chi connectivity index (χ1v) is 10.9. The van der Waals surface area contributed by atoms with Crippen molar-refractivity contribution in [2.45, 2.75) is 26.1 Å². The van der Waals surface area contributed by atoms with Gasteiger partial charge in [0.15, 0.2) is 0 Å². The van der Waals surface area contributed by atoms with Crippen molar-refractivity contribution in [3.8, 4) is 0 Å². The van der Waals surface area contributed by atoms with Crippen LogP contribution in [0.3, 0.4) is 0 Å². The minimum absolute atomic E-state index is 0.107. The molecule has 1 aliphatic rings. The molecule has 2 aromatic carbocycles. The van der Waals surface area contributed by atoms with Gasteiger partial charge < -0.3 is 15.1 Å². The number of nitrogens with zero attached hydrogens (tertiary/aromatic N) is 3. The predicted molar refractivity (Wildman–Crippen MR) is 124 cm³/mol. The lowest BCUT2D eigenvalue weighted by Crippen LogP contribution is -2.53. The van der Waals surface area contributed by atoms with Crippen LogP contribution in [0.5, 0.6) is 0 Å². The van der Waals surface area contributed by atoms with E-state index in [1.54, 1.807) is 23.2 Å². The zero-order chi connectivity index (χ0) is 23.2. The molecule has 2 heterocycles. The average molecular weight is 443 g/mol. The summed E-state index contributed by atoms with van der Waals surface area (Å²) in [4.78, 5) is 45.0. The Kier molecular flexibility index (Phi) is 6.78. The monoisotopic (exact) mass is 442 g/mol. The maximum atomic E-state index is 12.6. The number of aromatic nitrogens is 1. The van der Waals surface area contributed by atoms with Crippen LogP contribution in [0, 0.1) is 0 Å². The Balaban J connectivity index is 1.33. The van der Waals surface area contributed by atoms with Crippen LogP contribution in [0.2, 0.25) is 0 Å². The van der Waals surface area contributed by atoms with Gasteiger partial charge in [0, 0.05) is 31.4 Å². The van der Waals surface area contributed by atoms with Gasteiger partial charge in [0.2, 0.25) is 0 Å². The molecule has 3 amide bonds. The molecule has 1 aromatic heterocycles. The van der Waals surface area contributed by atoms with Crippen molar-refractivity contribution < 1.29 is 14.4 Å². The van der Waals surface area contributed by atoms with E-state index in [4.69, 9.17) is 0 Å². The summed E-state index contributed by atoms with van der Waals surface area (Å²) in [5.41, 5.74) is 3.20. The van der Waals surface area contributed by atoms with E-state index in [0.29, 0.717) is 31.7 Å². The Morgan fingerprint density at radius 2 is 1.52 bits per heavy atom. The van der Waals surface area contributed by atoms with Crippen molar-refractivity contribution >= 4 is 17.7 Å². The molecule has 168 valence electrons. The van der Waals surface area contributed by atoms with Crippen molar-refractivity contribution in [1.82, 2.24) is 20.1 Å². The second-order valence-electron chi connectivity index (χ2n) is 8.08. The third kappa shape index (κ3) is 5.44. The number of carbonyl (C=O) groups is 3. The summed E-state index contributed by atoms with van der Waals surface area (Å²) in [7, 11) is 0. The minimum Gasteiger partial charge on any atom is -0.346 e. The highest BCUT2D eigenvalue weighted by atomic mass is 16.2. The number of carbonyl (C=O) groups excluding carboxylic acids is 3. The van der Waals surface area contributed by atoms with Gasteiger partial charge >= 0.3 is 11.8 Å². The first kappa shape index (κ1) is 22.2. The second-order valence-corrected chi connectivity index (χ2v) is 8.08. The Morgan fingerprint density at radius 1 is 0.879 bits per heavy atom. The molecule has 1 N–H and O–H groups in total. The van der Waals surface area contributed by atoms with Crippen LogP contribution in [0.15, 0.2) is 79.0 Å². The lowest BCUT2D eigenvalue weighted by molar-refractivity contribution is -0.156. The molecule has 4 rings (SSSR count). The average Bonchev–Trinajstić information content (AvgIpc) is 2.85. The highest BCUT2D eigenvalue weighted by Crippen LogP contribution is 2.15. The fourth-order valence-electron chi connectivity index (χ4n) is 3.79. The molecule has 1 atom stereocenters. The number of hydrogen-bond acceptors (Lipinski definition) is 4. The molecular formula is C26H26N4O3. The SMILES string of the molecule is CC(NC(=O)c1ccc(CN2CCN(Cc3ccccn3)C(=O)C2=O)cc1)c1ccccc1. The molecule has 0 spiro atoms. The zero-order valence-electron chi connectivity index (χ0n) is 18.5. The standard InChI is InChI=1S/C26H26N4O3/c1-19(21-7-3-2-4-8-21)28-24(31)22-12-10-20(11-13-22)17-29-15-16-30(26(33)25(29)32)18-23-9-5-6-14-27-23/h2-14,19H,15-18H2,1H3,(H,28,31). The molecule has 1 unspecified atom stereocenters. The van der Waals surface area contributed by atoms with Gasteiger partial charge in [-0.1, -0.05) is 48.5 Å². The van der Waals surface area contributed by atoms with Gasteiger partial charge in [-0.05, 0) is 42.3 Å².